The fourth-order valence-electron chi connectivity index (χ4n) is 9.47. The molecule has 9 rings (SSSR count). The molecule has 68 heavy (non-hydrogen) atoms. The summed E-state index contributed by atoms with van der Waals surface area (Å²) < 4.78 is 65.6. The second-order valence-corrected chi connectivity index (χ2v) is 21.5. The average Bonchev–Trinajstić information content (AvgIpc) is 3.99. The number of nitrogens with zero attached hydrogens (tertiary/aromatic N) is 6. The maximum atomic E-state index is 16.4. The van der Waals surface area contributed by atoms with Crippen LogP contribution in [0.25, 0.3) is 67.1 Å². The molecule has 2 aliphatic heterocycles. The fourth-order valence-corrected chi connectivity index (χ4v) is 9.47. The van der Waals surface area contributed by atoms with Crippen LogP contribution in [0.4, 0.5) is 17.6 Å². The number of hydrogen-bond acceptors (Lipinski definition) is 6. The zero-order chi connectivity index (χ0) is 48.8. The molecule has 8 nitrogen and oxygen atoms in total. The summed E-state index contributed by atoms with van der Waals surface area (Å²) in [7, 11) is 0. The van der Waals surface area contributed by atoms with Crippen molar-refractivity contribution >= 4 is 44.9 Å². The predicted molar refractivity (Wildman–Crippen MR) is 264 cm³/mol. The molecule has 7 aromatic rings. The van der Waals surface area contributed by atoms with Gasteiger partial charge in [-0.3, -0.25) is 0 Å². The highest BCUT2D eigenvalue weighted by Gasteiger charge is 2.38. The van der Waals surface area contributed by atoms with Crippen molar-refractivity contribution in [2.24, 2.45) is 10.8 Å². The highest BCUT2D eigenvalue weighted by atomic mass is 19.1. The van der Waals surface area contributed by atoms with Crippen LogP contribution in [0, 0.1) is 34.1 Å². The summed E-state index contributed by atoms with van der Waals surface area (Å²) in [4.78, 5) is 38.5. The number of nitrogens with one attached hydrogen (secondary N) is 2. The molecule has 3 aromatic heterocycles. The molecular formula is C56H54F4N8. The van der Waals surface area contributed by atoms with Gasteiger partial charge in [-0.2, -0.15) is 0 Å². The van der Waals surface area contributed by atoms with Crippen LogP contribution in [0.3, 0.4) is 0 Å². The molecule has 0 amide bonds. The summed E-state index contributed by atoms with van der Waals surface area (Å²) in [5.41, 5.74) is 3.31. The number of allylic oxidation sites excluding steroid dienone is 2. The van der Waals surface area contributed by atoms with Crippen LogP contribution in [0.1, 0.15) is 129 Å². The molecule has 2 N–H and O–H groups in total. The third-order valence-corrected chi connectivity index (χ3v) is 12.2. The second-order valence-electron chi connectivity index (χ2n) is 21.5. The van der Waals surface area contributed by atoms with Gasteiger partial charge in [-0.15, -0.1) is 0 Å². The lowest BCUT2D eigenvalue weighted by Crippen LogP contribution is -2.13. The maximum absolute atomic E-state index is 16.4. The number of aromatic nitrogens is 8. The Morgan fingerprint density at radius 1 is 0.324 bits per heavy atom. The van der Waals surface area contributed by atoms with Crippen molar-refractivity contribution in [1.29, 1.82) is 0 Å². The fraction of sp³-hybridized carbons (Fsp3) is 0.286. The Labute approximate surface area is 393 Å². The largest absolute Gasteiger partial charge is 0.324 e. The molecule has 0 saturated carbocycles. The first-order valence-corrected chi connectivity index (χ1v) is 22.7. The first-order valence-electron chi connectivity index (χ1n) is 22.7. The minimum absolute atomic E-state index is 0.148. The number of benzene rings is 4. The first-order chi connectivity index (χ1) is 31.9. The van der Waals surface area contributed by atoms with E-state index in [2.05, 4.69) is 9.97 Å². The van der Waals surface area contributed by atoms with Gasteiger partial charge in [-0.1, -0.05) is 156 Å². The molecule has 0 spiro atoms. The SMILES string of the molecule is CC(C)(C)C1=C(c2ccccc2F)c2nc1nc1[nH]c(nc3nc(nc4[nH]c(n2)c(C(C)(C)C)c4-c2ccccc2F)C(C(C)(C)C)=C3c2ccccc2F)c(C(C)(C)C)c1-c1ccccc1F. The quantitative estimate of drug-likeness (QED) is 0.170. The molecule has 0 radical (unpaired) electrons. The van der Waals surface area contributed by atoms with E-state index in [1.54, 1.807) is 72.8 Å². The molecule has 346 valence electrons. The highest BCUT2D eigenvalue weighted by molar-refractivity contribution is 6.02. The Morgan fingerprint density at radius 3 is 0.882 bits per heavy atom. The van der Waals surface area contributed by atoms with Crippen molar-refractivity contribution < 1.29 is 17.6 Å². The zero-order valence-corrected chi connectivity index (χ0v) is 40.4. The van der Waals surface area contributed by atoms with E-state index >= 15 is 17.6 Å². The van der Waals surface area contributed by atoms with Crippen LogP contribution >= 0.6 is 0 Å². The van der Waals surface area contributed by atoms with Gasteiger partial charge < -0.3 is 9.97 Å². The number of rotatable bonds is 4. The van der Waals surface area contributed by atoms with Crippen molar-refractivity contribution in [3.63, 3.8) is 0 Å². The van der Waals surface area contributed by atoms with Gasteiger partial charge in [0.05, 0.1) is 0 Å². The van der Waals surface area contributed by atoms with Crippen molar-refractivity contribution in [3.8, 4) is 22.3 Å². The average molecular weight is 915 g/mol. The molecule has 0 unspecified atom stereocenters. The molecule has 0 saturated heterocycles. The number of hydrogen-bond donors (Lipinski definition) is 2. The third kappa shape index (κ3) is 8.03. The second kappa shape index (κ2) is 16.3. The van der Waals surface area contributed by atoms with Crippen LogP contribution in [0.15, 0.2) is 97.1 Å². The normalized spacial score (nSPS) is 13.8. The van der Waals surface area contributed by atoms with E-state index in [9.17, 15) is 0 Å². The molecule has 8 bridgehead atoms. The monoisotopic (exact) mass is 914 g/mol. The number of aromatic amines is 2. The van der Waals surface area contributed by atoms with Gasteiger partial charge in [-0.25, -0.2) is 47.5 Å². The maximum Gasteiger partial charge on any atom is 0.165 e. The Bertz CT molecular complexity index is 3210. The van der Waals surface area contributed by atoms with E-state index < -0.39 is 44.9 Å². The van der Waals surface area contributed by atoms with Crippen LogP contribution in [0.2, 0.25) is 0 Å². The van der Waals surface area contributed by atoms with Gasteiger partial charge >= 0.3 is 0 Å². The van der Waals surface area contributed by atoms with E-state index in [0.29, 0.717) is 55.8 Å². The minimum atomic E-state index is -0.723. The lowest BCUT2D eigenvalue weighted by molar-refractivity contribution is 0.564. The van der Waals surface area contributed by atoms with Crippen LogP contribution < -0.4 is 0 Å². The molecule has 5 heterocycles. The number of H-pyrrole nitrogens is 2. The summed E-state index contributed by atoms with van der Waals surface area (Å²) >= 11 is 0. The van der Waals surface area contributed by atoms with Crippen molar-refractivity contribution in [2.75, 3.05) is 0 Å². The van der Waals surface area contributed by atoms with E-state index in [1.165, 1.54) is 24.3 Å². The summed E-state index contributed by atoms with van der Waals surface area (Å²) in [6.07, 6.45) is 0. The summed E-state index contributed by atoms with van der Waals surface area (Å²) in [6, 6.07) is 25.8. The Hall–Kier alpha value is -7.08. The van der Waals surface area contributed by atoms with Gasteiger partial charge in [0.2, 0.25) is 0 Å². The van der Waals surface area contributed by atoms with Crippen LogP contribution in [0.5, 0.6) is 0 Å². The summed E-state index contributed by atoms with van der Waals surface area (Å²) in [5.74, 6) is -1.24. The molecule has 2 aliphatic rings. The standard InChI is InChI=1S/C56H54F4N8/c1-53(2,3)41-37(29-21-13-17-25-33(29)57)45-61-49(41)65-46-38(30-22-14-18-26-34(30)58)42(54(4,5)6)51(62-46)67-48-40(32-24-16-20-28-36(32)60)44(56(10,11)12)52(64-48)68-47-39(31-23-15-19-27-35(31)59)43(55(7,8)9)50(63-47)66-45/h13-28H,1-12H3,(H2,61,62,63,64,65,66,67,68). The third-order valence-electron chi connectivity index (χ3n) is 12.2. The van der Waals surface area contributed by atoms with Gasteiger partial charge in [0, 0.05) is 66.8 Å². The van der Waals surface area contributed by atoms with E-state index in [0.717, 1.165) is 0 Å². The van der Waals surface area contributed by atoms with Crippen LogP contribution in [-0.4, -0.2) is 39.9 Å². The highest BCUT2D eigenvalue weighted by Crippen LogP contribution is 2.49. The Balaban J connectivity index is 1.62. The molecule has 12 heteroatoms. The summed E-state index contributed by atoms with van der Waals surface area (Å²) in [6.45, 7) is 23.9. The Morgan fingerprint density at radius 2 is 0.603 bits per heavy atom. The molecule has 4 aromatic carbocycles. The van der Waals surface area contributed by atoms with E-state index in [4.69, 9.17) is 29.9 Å². The predicted octanol–water partition coefficient (Wildman–Crippen LogP) is 14.4. The van der Waals surface area contributed by atoms with Gasteiger partial charge in [0.15, 0.2) is 23.3 Å². The number of fused-ring (bicyclic) bond motifs is 8. The minimum Gasteiger partial charge on any atom is -0.324 e. The van der Waals surface area contributed by atoms with Gasteiger partial charge in [-0.05, 0) is 45.9 Å². The van der Waals surface area contributed by atoms with E-state index in [-0.39, 0.29) is 56.8 Å². The molecule has 0 fully saturated rings. The van der Waals surface area contributed by atoms with Crippen LogP contribution in [-0.2, 0) is 10.8 Å². The topological polar surface area (TPSA) is 109 Å². The molecule has 0 aliphatic carbocycles. The first kappa shape index (κ1) is 46.0. The summed E-state index contributed by atoms with van der Waals surface area (Å²) in [5, 5.41) is 0. The zero-order valence-electron chi connectivity index (χ0n) is 40.4. The van der Waals surface area contributed by atoms with Gasteiger partial charge in [0.1, 0.15) is 45.9 Å². The lowest BCUT2D eigenvalue weighted by Gasteiger charge is -2.22. The van der Waals surface area contributed by atoms with E-state index in [1.807, 2.05) is 83.1 Å². The van der Waals surface area contributed by atoms with Gasteiger partial charge in [0.25, 0.3) is 0 Å². The molecular weight excluding hydrogens is 861 g/mol. The number of halogens is 4. The Kier molecular flexibility index (Phi) is 11.0. The molecule has 0 atom stereocenters. The van der Waals surface area contributed by atoms with Crippen molar-refractivity contribution in [2.45, 2.75) is 93.9 Å². The van der Waals surface area contributed by atoms with Crippen molar-refractivity contribution in [3.05, 3.63) is 166 Å². The van der Waals surface area contributed by atoms with Crippen molar-refractivity contribution in [1.82, 2.24) is 39.9 Å². The smallest absolute Gasteiger partial charge is 0.165 e. The lowest BCUT2D eigenvalue weighted by atomic mass is 9.81.